The summed E-state index contributed by atoms with van der Waals surface area (Å²) in [5.74, 6) is -0.689. The van der Waals surface area contributed by atoms with Gasteiger partial charge in [0.15, 0.2) is 6.10 Å². The summed E-state index contributed by atoms with van der Waals surface area (Å²) in [4.78, 5) is 11.3. The molecule has 1 heterocycles. The predicted octanol–water partition coefficient (Wildman–Crippen LogP) is 1.55. The van der Waals surface area contributed by atoms with Crippen molar-refractivity contribution in [1.82, 2.24) is 0 Å². The minimum atomic E-state index is -1.73. The second-order valence-electron chi connectivity index (χ2n) is 6.66. The van der Waals surface area contributed by atoms with Gasteiger partial charge < -0.3 is 29.9 Å². The third kappa shape index (κ3) is 4.14. The number of rotatable bonds is 5. The van der Waals surface area contributed by atoms with Crippen molar-refractivity contribution >= 4 is 17.6 Å². The fourth-order valence-corrected chi connectivity index (χ4v) is 3.41. The van der Waals surface area contributed by atoms with E-state index in [1.165, 1.54) is 0 Å². The van der Waals surface area contributed by atoms with Crippen LogP contribution >= 0.6 is 11.6 Å². The molecule has 1 aliphatic heterocycles. The van der Waals surface area contributed by atoms with Crippen molar-refractivity contribution in [2.45, 2.75) is 36.9 Å². The highest BCUT2D eigenvalue weighted by atomic mass is 35.5. The van der Waals surface area contributed by atoms with Crippen molar-refractivity contribution in [3.8, 4) is 5.75 Å². The third-order valence-electron chi connectivity index (χ3n) is 4.81. The number of carboxylic acids is 1. The standard InChI is InChI=1S/C20H21ClO7/c1-27-13-5-2-10(3-6-13)8-12-9-11(4-7-14(12)21)18-16(23)15(22)17(24)19(28-18)20(25)26/h2-7,9,15-19,22-24H,8H2,1H3,(H,25,26)/t15-,16-,17+,18+,19+/m1/s1. The Kier molecular flexibility index (Phi) is 6.22. The molecule has 3 rings (SSSR count). The van der Waals surface area contributed by atoms with Gasteiger partial charge in [0.25, 0.3) is 0 Å². The molecule has 7 nitrogen and oxygen atoms in total. The average molecular weight is 409 g/mol. The van der Waals surface area contributed by atoms with Gasteiger partial charge in [0.2, 0.25) is 0 Å². The number of ether oxygens (including phenoxy) is 2. The van der Waals surface area contributed by atoms with Crippen LogP contribution in [-0.2, 0) is 16.0 Å². The molecule has 0 spiro atoms. The highest BCUT2D eigenvalue weighted by Gasteiger charge is 2.47. The molecule has 28 heavy (non-hydrogen) atoms. The normalized spacial score (nSPS) is 27.4. The maximum Gasteiger partial charge on any atom is 0.335 e. The highest BCUT2D eigenvalue weighted by Crippen LogP contribution is 2.34. The van der Waals surface area contributed by atoms with Gasteiger partial charge in [0, 0.05) is 5.02 Å². The molecule has 2 aromatic carbocycles. The van der Waals surface area contributed by atoms with Gasteiger partial charge in [-0.2, -0.15) is 0 Å². The number of carboxylic acid groups (broad SMARTS) is 1. The molecular formula is C20H21ClO7. The topological polar surface area (TPSA) is 116 Å². The quantitative estimate of drug-likeness (QED) is 0.593. The van der Waals surface area contributed by atoms with Gasteiger partial charge in [0.1, 0.15) is 30.2 Å². The molecule has 1 saturated heterocycles. The zero-order chi connectivity index (χ0) is 20.4. The third-order valence-corrected chi connectivity index (χ3v) is 5.18. The summed E-state index contributed by atoms with van der Waals surface area (Å²) in [6, 6.07) is 12.4. The predicted molar refractivity (Wildman–Crippen MR) is 101 cm³/mol. The highest BCUT2D eigenvalue weighted by molar-refractivity contribution is 6.31. The minimum absolute atomic E-state index is 0.456. The molecule has 0 radical (unpaired) electrons. The van der Waals surface area contributed by atoms with E-state index in [-0.39, 0.29) is 0 Å². The van der Waals surface area contributed by atoms with E-state index in [0.29, 0.717) is 17.0 Å². The molecule has 8 heteroatoms. The minimum Gasteiger partial charge on any atom is -0.497 e. The molecule has 150 valence electrons. The number of aliphatic carboxylic acids is 1. The largest absolute Gasteiger partial charge is 0.497 e. The van der Waals surface area contributed by atoms with Gasteiger partial charge >= 0.3 is 5.97 Å². The van der Waals surface area contributed by atoms with E-state index in [1.807, 2.05) is 24.3 Å². The van der Waals surface area contributed by atoms with E-state index in [9.17, 15) is 25.2 Å². The number of hydrogen-bond acceptors (Lipinski definition) is 6. The van der Waals surface area contributed by atoms with E-state index in [0.717, 1.165) is 16.9 Å². The van der Waals surface area contributed by atoms with Gasteiger partial charge in [-0.15, -0.1) is 0 Å². The number of carbonyl (C=O) groups is 1. The Morgan fingerprint density at radius 3 is 2.36 bits per heavy atom. The Morgan fingerprint density at radius 2 is 1.75 bits per heavy atom. The number of methoxy groups -OCH3 is 1. The van der Waals surface area contributed by atoms with Crippen LogP contribution in [0.15, 0.2) is 42.5 Å². The Labute approximate surface area is 166 Å². The van der Waals surface area contributed by atoms with Crippen molar-refractivity contribution in [3.05, 3.63) is 64.2 Å². The summed E-state index contributed by atoms with van der Waals surface area (Å²) < 4.78 is 10.5. The van der Waals surface area contributed by atoms with E-state index in [1.54, 1.807) is 25.3 Å². The van der Waals surface area contributed by atoms with Crippen LogP contribution in [0.3, 0.4) is 0 Å². The summed E-state index contributed by atoms with van der Waals surface area (Å²) in [6.45, 7) is 0. The lowest BCUT2D eigenvalue weighted by molar-refractivity contribution is -0.229. The van der Waals surface area contributed by atoms with Gasteiger partial charge in [-0.3, -0.25) is 0 Å². The Balaban J connectivity index is 1.88. The van der Waals surface area contributed by atoms with Crippen LogP contribution in [0.2, 0.25) is 5.02 Å². The SMILES string of the molecule is COc1ccc(Cc2cc([C@@H]3O[C@H](C(=O)O)[C@@H](O)[C@H](O)[C@H]3O)ccc2Cl)cc1. The molecule has 0 aromatic heterocycles. The first-order valence-corrected chi connectivity index (χ1v) is 9.03. The summed E-state index contributed by atoms with van der Waals surface area (Å²) in [5.41, 5.74) is 2.18. The van der Waals surface area contributed by atoms with Crippen LogP contribution in [0, 0.1) is 0 Å². The molecule has 4 N–H and O–H groups in total. The maximum atomic E-state index is 11.3. The molecule has 0 unspecified atom stereocenters. The van der Waals surface area contributed by atoms with Gasteiger partial charge in [0.05, 0.1) is 7.11 Å². The number of aliphatic hydroxyl groups excluding tert-OH is 3. The van der Waals surface area contributed by atoms with Crippen molar-refractivity contribution in [3.63, 3.8) is 0 Å². The molecular weight excluding hydrogens is 388 g/mol. The molecule has 0 aliphatic carbocycles. The summed E-state index contributed by atoms with van der Waals surface area (Å²) in [7, 11) is 1.58. The van der Waals surface area contributed by atoms with Crippen molar-refractivity contribution in [1.29, 1.82) is 0 Å². The number of aliphatic hydroxyl groups is 3. The van der Waals surface area contributed by atoms with Crippen LogP contribution < -0.4 is 4.74 Å². The number of hydrogen-bond donors (Lipinski definition) is 4. The second kappa shape index (κ2) is 8.46. The van der Waals surface area contributed by atoms with E-state index in [4.69, 9.17) is 21.1 Å². The monoisotopic (exact) mass is 408 g/mol. The summed E-state index contributed by atoms with van der Waals surface area (Å²) >= 11 is 6.30. The first-order chi connectivity index (χ1) is 13.3. The molecule has 5 atom stereocenters. The maximum absolute atomic E-state index is 11.3. The first-order valence-electron chi connectivity index (χ1n) is 8.65. The Bertz CT molecular complexity index is 839. The van der Waals surface area contributed by atoms with E-state index >= 15 is 0 Å². The van der Waals surface area contributed by atoms with Crippen LogP contribution in [0.1, 0.15) is 22.8 Å². The second-order valence-corrected chi connectivity index (χ2v) is 7.07. The van der Waals surface area contributed by atoms with Crippen molar-refractivity contribution in [2.75, 3.05) is 7.11 Å². The Hall–Kier alpha value is -2.16. The van der Waals surface area contributed by atoms with E-state index < -0.39 is 36.5 Å². The van der Waals surface area contributed by atoms with Crippen LogP contribution in [0.4, 0.5) is 0 Å². The van der Waals surface area contributed by atoms with E-state index in [2.05, 4.69) is 0 Å². The summed E-state index contributed by atoms with van der Waals surface area (Å²) in [6.07, 6.45) is -7.14. The lowest BCUT2D eigenvalue weighted by Gasteiger charge is -2.39. The molecule has 0 saturated carbocycles. The van der Waals surface area contributed by atoms with Crippen LogP contribution in [0.5, 0.6) is 5.75 Å². The fraction of sp³-hybridized carbons (Fsp3) is 0.350. The van der Waals surface area contributed by atoms with Gasteiger partial charge in [-0.1, -0.05) is 35.9 Å². The lowest BCUT2D eigenvalue weighted by atomic mass is 9.90. The lowest BCUT2D eigenvalue weighted by Crippen LogP contribution is -2.56. The Morgan fingerprint density at radius 1 is 1.07 bits per heavy atom. The zero-order valence-corrected chi connectivity index (χ0v) is 15.8. The fourth-order valence-electron chi connectivity index (χ4n) is 3.23. The molecule has 1 aliphatic rings. The van der Waals surface area contributed by atoms with Crippen molar-refractivity contribution in [2.24, 2.45) is 0 Å². The zero-order valence-electron chi connectivity index (χ0n) is 15.0. The molecule has 0 amide bonds. The van der Waals surface area contributed by atoms with Crippen LogP contribution in [0.25, 0.3) is 0 Å². The van der Waals surface area contributed by atoms with Crippen molar-refractivity contribution < 1.29 is 34.7 Å². The average Bonchev–Trinajstić information content (AvgIpc) is 2.68. The summed E-state index contributed by atoms with van der Waals surface area (Å²) in [5, 5.41) is 39.9. The molecule has 1 fully saturated rings. The number of halogens is 1. The molecule has 2 aromatic rings. The van der Waals surface area contributed by atoms with Gasteiger partial charge in [-0.05, 0) is 41.3 Å². The van der Waals surface area contributed by atoms with Gasteiger partial charge in [-0.25, -0.2) is 4.79 Å². The smallest absolute Gasteiger partial charge is 0.335 e. The molecule has 0 bridgehead atoms. The number of benzene rings is 2. The van der Waals surface area contributed by atoms with Crippen LogP contribution in [-0.4, -0.2) is 57.9 Å². The first kappa shape index (κ1) is 20.6.